The molecule has 3 rings (SSSR count). The molecule has 1 aliphatic heterocycles. The van der Waals surface area contributed by atoms with Gasteiger partial charge in [0.05, 0.1) is 31.8 Å². The normalized spacial score (nSPS) is 19.6. The van der Waals surface area contributed by atoms with Gasteiger partial charge in [0.2, 0.25) is 5.91 Å². The van der Waals surface area contributed by atoms with E-state index in [-0.39, 0.29) is 38.1 Å². The van der Waals surface area contributed by atoms with Crippen molar-refractivity contribution in [3.05, 3.63) is 59.7 Å². The molecule has 6 nitrogen and oxygen atoms in total. The summed E-state index contributed by atoms with van der Waals surface area (Å²) in [6.07, 6.45) is -6.78. The van der Waals surface area contributed by atoms with Gasteiger partial charge in [0.15, 0.2) is 0 Å². The number of halogens is 3. The zero-order chi connectivity index (χ0) is 26.5. The van der Waals surface area contributed by atoms with E-state index >= 15 is 0 Å². The average Bonchev–Trinajstić information content (AvgIpc) is 2.87. The lowest BCUT2D eigenvalue weighted by Crippen LogP contribution is -2.47. The van der Waals surface area contributed by atoms with Gasteiger partial charge in [-0.25, -0.2) is 0 Å². The zero-order valence-corrected chi connectivity index (χ0v) is 20.8. The first-order valence-electron chi connectivity index (χ1n) is 12.0. The van der Waals surface area contributed by atoms with Crippen molar-refractivity contribution in [2.24, 2.45) is 5.92 Å². The predicted molar refractivity (Wildman–Crippen MR) is 130 cm³/mol. The molecule has 0 bridgehead atoms. The maximum absolute atomic E-state index is 13.7. The maximum atomic E-state index is 13.7. The van der Waals surface area contributed by atoms with Gasteiger partial charge in [-0.05, 0) is 29.7 Å². The monoisotopic (exact) mass is 506 g/mol. The molecule has 0 aromatic heterocycles. The lowest BCUT2D eigenvalue weighted by atomic mass is 9.94. The number of hydrogen-bond acceptors (Lipinski definition) is 4. The number of hydrogen-bond donors (Lipinski definition) is 1. The molecule has 0 fully saturated rings. The summed E-state index contributed by atoms with van der Waals surface area (Å²) in [5, 5.41) is 9.88. The summed E-state index contributed by atoms with van der Waals surface area (Å²) in [6, 6.07) is 14.4. The number of benzene rings is 2. The van der Waals surface area contributed by atoms with Gasteiger partial charge in [0, 0.05) is 38.0 Å². The molecule has 2 amide bonds. The van der Waals surface area contributed by atoms with Gasteiger partial charge >= 0.3 is 6.18 Å². The highest BCUT2D eigenvalue weighted by Crippen LogP contribution is 2.31. The van der Waals surface area contributed by atoms with Crippen LogP contribution < -0.4 is 0 Å². The highest BCUT2D eigenvalue weighted by atomic mass is 19.4. The second kappa shape index (κ2) is 11.9. The van der Waals surface area contributed by atoms with Crippen LogP contribution >= 0.6 is 0 Å². The van der Waals surface area contributed by atoms with Crippen LogP contribution in [0.5, 0.6) is 0 Å². The van der Waals surface area contributed by atoms with E-state index in [1.807, 2.05) is 43.3 Å². The lowest BCUT2D eigenvalue weighted by molar-refractivity contribution is -0.149. The molecule has 9 heteroatoms. The van der Waals surface area contributed by atoms with E-state index in [0.717, 1.165) is 16.7 Å². The van der Waals surface area contributed by atoms with Crippen LogP contribution in [-0.2, 0) is 16.1 Å². The Hall–Kier alpha value is -2.91. The van der Waals surface area contributed by atoms with Gasteiger partial charge in [0.1, 0.15) is 0 Å². The van der Waals surface area contributed by atoms with E-state index in [1.54, 1.807) is 24.0 Å². The fourth-order valence-corrected chi connectivity index (χ4v) is 4.36. The summed E-state index contributed by atoms with van der Waals surface area (Å²) in [5.41, 5.74) is 2.95. The Balaban J connectivity index is 1.96. The fourth-order valence-electron chi connectivity index (χ4n) is 4.36. The second-order valence-electron chi connectivity index (χ2n) is 9.41. The predicted octanol–water partition coefficient (Wildman–Crippen LogP) is 4.51. The Morgan fingerprint density at radius 1 is 1.14 bits per heavy atom. The summed E-state index contributed by atoms with van der Waals surface area (Å²) in [5.74, 6) is -1.13. The van der Waals surface area contributed by atoms with Gasteiger partial charge in [-0.15, -0.1) is 0 Å². The molecule has 0 saturated heterocycles. The van der Waals surface area contributed by atoms with Crippen molar-refractivity contribution in [3.63, 3.8) is 0 Å². The smallest absolute Gasteiger partial charge is 0.389 e. The molecule has 196 valence electrons. The van der Waals surface area contributed by atoms with Crippen LogP contribution in [0.3, 0.4) is 0 Å². The molecule has 2 aromatic carbocycles. The van der Waals surface area contributed by atoms with E-state index in [9.17, 15) is 27.9 Å². The number of carbonyl (C=O) groups excluding carboxylic acids is 2. The second-order valence-corrected chi connectivity index (χ2v) is 9.41. The largest absolute Gasteiger partial charge is 0.394 e. The van der Waals surface area contributed by atoms with Crippen LogP contribution in [0.4, 0.5) is 13.2 Å². The first kappa shape index (κ1) is 27.7. The summed E-state index contributed by atoms with van der Waals surface area (Å²) in [7, 11) is 1.46. The first-order chi connectivity index (χ1) is 17.0. The number of rotatable bonds is 6. The molecule has 0 spiro atoms. The summed E-state index contributed by atoms with van der Waals surface area (Å²) in [4.78, 5) is 29.0. The summed E-state index contributed by atoms with van der Waals surface area (Å²) < 4.78 is 44.1. The third-order valence-corrected chi connectivity index (χ3v) is 6.60. The Labute approximate surface area is 209 Å². The van der Waals surface area contributed by atoms with Gasteiger partial charge in [-0.3, -0.25) is 9.59 Å². The minimum atomic E-state index is -4.41. The number of ether oxygens (including phenoxy) is 1. The average molecular weight is 507 g/mol. The van der Waals surface area contributed by atoms with Crippen molar-refractivity contribution in [3.8, 4) is 11.1 Å². The minimum Gasteiger partial charge on any atom is -0.394 e. The summed E-state index contributed by atoms with van der Waals surface area (Å²) >= 11 is 0. The molecule has 1 aliphatic rings. The van der Waals surface area contributed by atoms with Gasteiger partial charge < -0.3 is 19.6 Å². The first-order valence-corrected chi connectivity index (χ1v) is 12.0. The maximum Gasteiger partial charge on any atom is 0.389 e. The van der Waals surface area contributed by atoms with E-state index in [2.05, 4.69) is 0 Å². The Kier molecular flexibility index (Phi) is 9.13. The molecule has 0 unspecified atom stereocenters. The van der Waals surface area contributed by atoms with Crippen LogP contribution in [-0.4, -0.2) is 71.8 Å². The number of aliphatic hydroxyl groups is 1. The molecule has 0 saturated carbocycles. The highest BCUT2D eigenvalue weighted by molar-refractivity contribution is 6.01. The lowest BCUT2D eigenvalue weighted by Gasteiger charge is -2.35. The molecule has 1 heterocycles. The summed E-state index contributed by atoms with van der Waals surface area (Å²) in [6.45, 7) is 3.90. The van der Waals surface area contributed by atoms with Crippen LogP contribution in [0.2, 0.25) is 0 Å². The Morgan fingerprint density at radius 3 is 2.39 bits per heavy atom. The molecule has 1 N–H and O–H groups in total. The standard InChI is InChI=1S/C27H33F3N2O4/c1-18-14-32(19(2)16-33)26(35)23-11-7-6-10-22(23)21-9-5-4-8-20(21)17-36-24(18)15-31(3)25(34)12-13-27(28,29)30/h4-11,18-19,24,33H,12-17H2,1-3H3/t18-,19-,24-/m1/s1. The van der Waals surface area contributed by atoms with Crippen LogP contribution in [0.1, 0.15) is 42.6 Å². The van der Waals surface area contributed by atoms with Crippen molar-refractivity contribution in [1.82, 2.24) is 9.80 Å². The van der Waals surface area contributed by atoms with Crippen LogP contribution in [0.15, 0.2) is 48.5 Å². The Bertz CT molecular complexity index is 1060. The van der Waals surface area contributed by atoms with Crippen molar-refractivity contribution in [1.29, 1.82) is 0 Å². The number of likely N-dealkylation sites (N-methyl/N-ethyl adjacent to an activating group) is 1. The number of amides is 2. The molecule has 2 aromatic rings. The van der Waals surface area contributed by atoms with Crippen molar-refractivity contribution in [2.75, 3.05) is 26.7 Å². The molecule has 0 radical (unpaired) electrons. The van der Waals surface area contributed by atoms with E-state index < -0.39 is 37.1 Å². The van der Waals surface area contributed by atoms with E-state index in [0.29, 0.717) is 5.56 Å². The molecular formula is C27H33F3N2O4. The third kappa shape index (κ3) is 6.85. The van der Waals surface area contributed by atoms with E-state index in [4.69, 9.17) is 4.74 Å². The molecule has 3 atom stereocenters. The number of carbonyl (C=O) groups is 2. The number of nitrogens with zero attached hydrogens (tertiary/aromatic N) is 2. The minimum absolute atomic E-state index is 0.0719. The molecule has 0 aliphatic carbocycles. The Morgan fingerprint density at radius 2 is 1.75 bits per heavy atom. The van der Waals surface area contributed by atoms with Crippen molar-refractivity contribution < 1.29 is 32.6 Å². The number of alkyl halides is 3. The van der Waals surface area contributed by atoms with E-state index in [1.165, 1.54) is 11.9 Å². The SMILES string of the molecule is C[C@@H]1CN([C@H](C)CO)C(=O)c2ccccc2-c2ccccc2CO[C@@H]1CN(C)C(=O)CCC(F)(F)F. The number of aliphatic hydroxyl groups excluding tert-OH is 1. The quantitative estimate of drug-likeness (QED) is 0.626. The van der Waals surface area contributed by atoms with Crippen LogP contribution in [0.25, 0.3) is 11.1 Å². The van der Waals surface area contributed by atoms with Crippen LogP contribution in [0, 0.1) is 5.92 Å². The van der Waals surface area contributed by atoms with Gasteiger partial charge in [-0.2, -0.15) is 13.2 Å². The topological polar surface area (TPSA) is 70.1 Å². The van der Waals surface area contributed by atoms with Crippen molar-refractivity contribution >= 4 is 11.8 Å². The zero-order valence-electron chi connectivity index (χ0n) is 20.8. The fraction of sp³-hybridized carbons (Fsp3) is 0.481. The van der Waals surface area contributed by atoms with Gasteiger partial charge in [0.25, 0.3) is 5.91 Å². The van der Waals surface area contributed by atoms with Gasteiger partial charge in [-0.1, -0.05) is 49.4 Å². The highest BCUT2D eigenvalue weighted by Gasteiger charge is 2.32. The van der Waals surface area contributed by atoms with Crippen molar-refractivity contribution in [2.45, 2.75) is 51.6 Å². The number of fused-ring (bicyclic) bond motifs is 3. The molecular weight excluding hydrogens is 473 g/mol. The molecule has 36 heavy (non-hydrogen) atoms. The third-order valence-electron chi connectivity index (χ3n) is 6.60.